The van der Waals surface area contributed by atoms with E-state index >= 15 is 0 Å². The minimum atomic E-state index is -5.29. The summed E-state index contributed by atoms with van der Waals surface area (Å²) in [5.41, 5.74) is 2.81. The van der Waals surface area contributed by atoms with Crippen LogP contribution in [0.2, 0.25) is 0 Å². The number of phosphoric ester groups is 1. The van der Waals surface area contributed by atoms with Crippen molar-refractivity contribution in [3.63, 3.8) is 0 Å². The zero-order valence-corrected chi connectivity index (χ0v) is 39.0. The van der Waals surface area contributed by atoms with Gasteiger partial charge in [0.2, 0.25) is 5.91 Å². The number of carbonyl (C=O) groups excluding carboxylic acids is 3. The van der Waals surface area contributed by atoms with Crippen LogP contribution in [0.1, 0.15) is 179 Å². The van der Waals surface area contributed by atoms with E-state index in [2.05, 4.69) is 79.8 Å². The molecule has 0 aliphatic carbocycles. The van der Waals surface area contributed by atoms with Gasteiger partial charge < -0.3 is 34.8 Å². The lowest BCUT2D eigenvalue weighted by atomic mass is 9.95. The van der Waals surface area contributed by atoms with E-state index in [1.54, 1.807) is 0 Å². The second-order valence-corrected chi connectivity index (χ2v) is 18.9. The van der Waals surface area contributed by atoms with Crippen LogP contribution >= 0.6 is 7.82 Å². The quantitative estimate of drug-likeness (QED) is 0.0188. The molecule has 11 nitrogen and oxygen atoms in total. The van der Waals surface area contributed by atoms with Gasteiger partial charge >= 0.3 is 13.8 Å². The predicted molar refractivity (Wildman–Crippen MR) is 247 cm³/mol. The molecule has 0 aliphatic rings. The lowest BCUT2D eigenvalue weighted by molar-refractivity contribution is -0.165. The lowest BCUT2D eigenvalue weighted by Crippen LogP contribution is -2.56. The second kappa shape index (κ2) is 34.5. The first-order valence-electron chi connectivity index (χ1n) is 24.0. The smallest absolute Gasteiger partial charge is 0.457 e. The highest BCUT2D eigenvalue weighted by Gasteiger charge is 2.42. The van der Waals surface area contributed by atoms with Crippen LogP contribution in [-0.2, 0) is 41.1 Å². The van der Waals surface area contributed by atoms with Crippen molar-refractivity contribution in [2.75, 3.05) is 6.61 Å². The monoisotopic (exact) mass is 888 g/mol. The molecule has 1 amide bonds. The fraction of sp³-hybridized carbons (Fsp3) is 0.700. The molecule has 0 fully saturated rings. The van der Waals surface area contributed by atoms with E-state index in [1.165, 1.54) is 81.8 Å². The van der Waals surface area contributed by atoms with Gasteiger partial charge in [0.05, 0.1) is 6.61 Å². The van der Waals surface area contributed by atoms with Crippen molar-refractivity contribution in [2.24, 2.45) is 11.8 Å². The van der Waals surface area contributed by atoms with Crippen LogP contribution in [0.3, 0.4) is 0 Å². The van der Waals surface area contributed by atoms with Gasteiger partial charge in [-0.05, 0) is 61.5 Å². The highest BCUT2D eigenvalue weighted by molar-refractivity contribution is 7.46. The zero-order chi connectivity index (χ0) is 45.3. The fourth-order valence-corrected chi connectivity index (χ4v) is 8.73. The van der Waals surface area contributed by atoms with Gasteiger partial charge in [0.25, 0.3) is 0 Å². The first-order valence-corrected chi connectivity index (χ1v) is 25.5. The SMILES string of the molecule is CC(CCCCCCCC(=O)N[C@@H](C=O)[C@@H](OC(=O)CCCCCCCC(C)CCCCCCc1ccccc1)[C@H](OP(=O)(O)O)[C@H](O)CO)CCCCCCc1ccccc1. The Morgan fingerprint density at radius 3 is 1.44 bits per heavy atom. The number of aliphatic hydroxyl groups is 2. The van der Waals surface area contributed by atoms with Crippen molar-refractivity contribution >= 4 is 26.0 Å². The van der Waals surface area contributed by atoms with Gasteiger partial charge in [0.15, 0.2) is 6.10 Å². The summed E-state index contributed by atoms with van der Waals surface area (Å²) in [5.74, 6) is 0.0723. The summed E-state index contributed by atoms with van der Waals surface area (Å²) >= 11 is 0. The number of phosphoric acid groups is 1. The number of rotatable bonds is 39. The Bertz CT molecular complexity index is 1470. The third-order valence-corrected chi connectivity index (χ3v) is 12.5. The van der Waals surface area contributed by atoms with Crippen LogP contribution in [0, 0.1) is 11.8 Å². The van der Waals surface area contributed by atoms with Crippen LogP contribution in [0.25, 0.3) is 0 Å². The summed E-state index contributed by atoms with van der Waals surface area (Å²) < 4.78 is 22.1. The summed E-state index contributed by atoms with van der Waals surface area (Å²) in [4.78, 5) is 57.3. The molecule has 5 N–H and O–H groups in total. The van der Waals surface area contributed by atoms with Gasteiger partial charge in [-0.3, -0.25) is 14.1 Å². The standard InChI is InChI=1S/C50H82NO10P/c1-41(29-17-9-11-19-31-43-33-21-13-22-34-43)27-15-5-3-7-25-37-47(55)51-45(39-52)49(50(46(54)40-53)61-62(57,58)59)60-48(56)38-26-8-4-6-16-28-42(2)30-18-10-12-20-32-44-35-23-14-24-36-44/h13-14,21-24,33-36,39,41-42,45-46,49-50,53-54H,3-12,15-20,25-32,37-38,40H2,1-2H3,(H,51,55)(H2,57,58,59)/t41?,42?,45-,46+,49+,50+/m0/s1. The molecule has 0 aromatic heterocycles. The van der Waals surface area contributed by atoms with E-state index in [-0.39, 0.29) is 19.1 Å². The average molecular weight is 888 g/mol. The van der Waals surface area contributed by atoms with Crippen molar-refractivity contribution in [2.45, 2.75) is 205 Å². The van der Waals surface area contributed by atoms with E-state index in [0.717, 1.165) is 70.6 Å². The minimum Gasteiger partial charge on any atom is -0.457 e. The Morgan fingerprint density at radius 1 is 0.613 bits per heavy atom. The third kappa shape index (κ3) is 28.0. The van der Waals surface area contributed by atoms with E-state index < -0.39 is 50.7 Å². The van der Waals surface area contributed by atoms with E-state index in [0.29, 0.717) is 24.7 Å². The number of ether oxygens (including phenoxy) is 1. The molecule has 0 aliphatic heterocycles. The maximum atomic E-state index is 13.0. The van der Waals surface area contributed by atoms with Gasteiger partial charge in [0, 0.05) is 12.8 Å². The van der Waals surface area contributed by atoms with Crippen LogP contribution in [0.4, 0.5) is 0 Å². The number of amides is 1. The largest absolute Gasteiger partial charge is 0.470 e. The minimum absolute atomic E-state index is 0.0392. The van der Waals surface area contributed by atoms with Gasteiger partial charge in [-0.25, -0.2) is 4.57 Å². The van der Waals surface area contributed by atoms with E-state index in [4.69, 9.17) is 9.26 Å². The number of unbranched alkanes of at least 4 members (excludes halogenated alkanes) is 14. The molecule has 12 heteroatoms. The first kappa shape index (κ1) is 55.2. The molecule has 0 heterocycles. The zero-order valence-electron chi connectivity index (χ0n) is 38.1. The molecule has 2 aromatic rings. The maximum Gasteiger partial charge on any atom is 0.470 e. The predicted octanol–water partition coefficient (Wildman–Crippen LogP) is 10.5. The number of hydrogen-bond donors (Lipinski definition) is 5. The van der Waals surface area contributed by atoms with Crippen LogP contribution in [0.5, 0.6) is 0 Å². The highest BCUT2D eigenvalue weighted by atomic mass is 31.2. The Morgan fingerprint density at radius 2 is 1.02 bits per heavy atom. The Hall–Kier alpha value is -2.92. The molecular weight excluding hydrogens is 806 g/mol. The summed E-state index contributed by atoms with van der Waals surface area (Å²) in [5, 5.41) is 22.6. The number of aryl methyl sites for hydroxylation is 2. The number of aldehydes is 1. The molecule has 2 unspecified atom stereocenters. The number of carbonyl (C=O) groups is 3. The number of hydrogen-bond acceptors (Lipinski definition) is 8. The van der Waals surface area contributed by atoms with Crippen molar-refractivity contribution < 1.29 is 48.2 Å². The Kier molecular flexibility index (Phi) is 30.7. The fourth-order valence-electron chi connectivity index (χ4n) is 8.15. The highest BCUT2D eigenvalue weighted by Crippen LogP contribution is 2.40. The average Bonchev–Trinajstić information content (AvgIpc) is 3.25. The molecule has 62 heavy (non-hydrogen) atoms. The molecule has 0 spiro atoms. The Labute approximate surface area is 373 Å². The maximum absolute atomic E-state index is 13.0. The van der Waals surface area contributed by atoms with Crippen molar-refractivity contribution in [3.05, 3.63) is 71.8 Å². The molecule has 0 bridgehead atoms. The van der Waals surface area contributed by atoms with Gasteiger partial charge in [-0.1, -0.05) is 190 Å². The van der Waals surface area contributed by atoms with Gasteiger partial charge in [-0.2, -0.15) is 0 Å². The normalized spacial score (nSPS) is 14.7. The molecule has 2 rings (SSSR count). The van der Waals surface area contributed by atoms with E-state index in [1.807, 2.05) is 0 Å². The molecular formula is C50H82NO10P. The second-order valence-electron chi connectivity index (χ2n) is 17.7. The summed E-state index contributed by atoms with van der Waals surface area (Å²) in [6.45, 7) is 3.63. The number of benzene rings is 2. The summed E-state index contributed by atoms with van der Waals surface area (Å²) in [6, 6.07) is 19.7. The first-order chi connectivity index (χ1) is 29.9. The van der Waals surface area contributed by atoms with Crippen molar-refractivity contribution in [1.82, 2.24) is 5.32 Å². The molecule has 352 valence electrons. The summed E-state index contributed by atoms with van der Waals surface area (Å²) in [7, 11) is -5.29. The summed E-state index contributed by atoms with van der Waals surface area (Å²) in [6.07, 6.45) is 20.6. The number of nitrogens with one attached hydrogen (secondary N) is 1. The van der Waals surface area contributed by atoms with E-state index in [9.17, 15) is 38.9 Å². The molecule has 6 atom stereocenters. The molecule has 0 saturated carbocycles. The van der Waals surface area contributed by atoms with Crippen molar-refractivity contribution in [3.8, 4) is 0 Å². The third-order valence-electron chi connectivity index (χ3n) is 11.9. The topological polar surface area (TPSA) is 180 Å². The number of aliphatic hydroxyl groups excluding tert-OH is 2. The number of esters is 1. The van der Waals surface area contributed by atoms with Crippen molar-refractivity contribution in [1.29, 1.82) is 0 Å². The van der Waals surface area contributed by atoms with Crippen LogP contribution in [-0.4, -0.2) is 69.1 Å². The van der Waals surface area contributed by atoms with Crippen LogP contribution in [0.15, 0.2) is 60.7 Å². The van der Waals surface area contributed by atoms with Gasteiger partial charge in [0.1, 0.15) is 24.5 Å². The molecule has 0 radical (unpaired) electrons. The van der Waals surface area contributed by atoms with Crippen LogP contribution < -0.4 is 5.32 Å². The van der Waals surface area contributed by atoms with Gasteiger partial charge in [-0.15, -0.1) is 0 Å². The lowest BCUT2D eigenvalue weighted by Gasteiger charge is -2.33. The Balaban J connectivity index is 1.66. The molecule has 0 saturated heterocycles. The molecule has 2 aromatic carbocycles.